The summed E-state index contributed by atoms with van der Waals surface area (Å²) >= 11 is 0. The first kappa shape index (κ1) is 16.7. The number of piperidine rings is 1. The number of nitrogens with one attached hydrogen (secondary N) is 1. The van der Waals surface area contributed by atoms with Crippen LogP contribution in [0.5, 0.6) is 0 Å². The second-order valence-electron chi connectivity index (χ2n) is 4.79. The third-order valence-corrected chi connectivity index (χ3v) is 3.51. The van der Waals surface area contributed by atoms with Crippen molar-refractivity contribution in [2.24, 2.45) is 0 Å². The molecular weight excluding hydrogens is 279 g/mol. The van der Waals surface area contributed by atoms with Crippen LogP contribution in [0, 0.1) is 5.82 Å². The highest BCUT2D eigenvalue weighted by Gasteiger charge is 2.20. The average molecular weight is 299 g/mol. The predicted molar refractivity (Wildman–Crippen MR) is 81.3 cm³/mol. The van der Waals surface area contributed by atoms with E-state index in [4.69, 9.17) is 0 Å². The van der Waals surface area contributed by atoms with Gasteiger partial charge >= 0.3 is 0 Å². The van der Waals surface area contributed by atoms with Gasteiger partial charge in [-0.05, 0) is 38.1 Å². The fraction of sp³-hybridized carbons (Fsp3) is 0.400. The third-order valence-electron chi connectivity index (χ3n) is 3.51. The number of carbonyl (C=O) groups is 1. The van der Waals surface area contributed by atoms with Gasteiger partial charge in [-0.15, -0.1) is 12.4 Å². The Balaban J connectivity index is 0.00000200. The van der Waals surface area contributed by atoms with Crippen LogP contribution in [0.15, 0.2) is 30.3 Å². The smallest absolute Gasteiger partial charge is 0.246 e. The molecule has 1 fully saturated rings. The number of halogens is 2. The summed E-state index contributed by atoms with van der Waals surface area (Å²) in [5.41, 5.74) is 0.439. The van der Waals surface area contributed by atoms with Crippen LogP contribution >= 0.6 is 12.4 Å². The van der Waals surface area contributed by atoms with Crippen molar-refractivity contribution in [3.05, 3.63) is 41.7 Å². The Morgan fingerprint density at radius 1 is 1.35 bits per heavy atom. The number of hydrogen-bond donors (Lipinski definition) is 1. The van der Waals surface area contributed by atoms with Crippen molar-refractivity contribution in [3.8, 4) is 0 Å². The normalized spacial score (nSPS) is 15.9. The molecule has 0 unspecified atom stereocenters. The molecule has 1 aromatic rings. The Kier molecular flexibility index (Phi) is 6.68. The minimum absolute atomic E-state index is 0. The maximum atomic E-state index is 13.4. The van der Waals surface area contributed by atoms with Crippen LogP contribution in [0.1, 0.15) is 18.4 Å². The summed E-state index contributed by atoms with van der Waals surface area (Å²) in [5, 5.41) is 3.27. The zero-order chi connectivity index (χ0) is 13.7. The monoisotopic (exact) mass is 298 g/mol. The van der Waals surface area contributed by atoms with E-state index in [1.807, 2.05) is 7.05 Å². The molecule has 1 aliphatic heterocycles. The Hall–Kier alpha value is -1.39. The molecule has 1 amide bonds. The van der Waals surface area contributed by atoms with Crippen molar-refractivity contribution >= 4 is 24.4 Å². The number of amides is 1. The molecule has 3 nitrogen and oxygen atoms in total. The van der Waals surface area contributed by atoms with E-state index in [9.17, 15) is 9.18 Å². The molecule has 20 heavy (non-hydrogen) atoms. The molecular formula is C15H20ClFN2O. The quantitative estimate of drug-likeness (QED) is 0.870. The van der Waals surface area contributed by atoms with E-state index in [0.29, 0.717) is 5.56 Å². The fourth-order valence-electron chi connectivity index (χ4n) is 2.26. The lowest BCUT2D eigenvalue weighted by Crippen LogP contribution is -2.43. The van der Waals surface area contributed by atoms with Gasteiger partial charge in [0.2, 0.25) is 5.91 Å². The highest BCUT2D eigenvalue weighted by Crippen LogP contribution is 2.12. The maximum Gasteiger partial charge on any atom is 0.246 e. The fourth-order valence-corrected chi connectivity index (χ4v) is 2.26. The second kappa shape index (κ2) is 8.02. The van der Waals surface area contributed by atoms with Gasteiger partial charge in [0.15, 0.2) is 0 Å². The van der Waals surface area contributed by atoms with Crippen LogP contribution in [0.25, 0.3) is 6.08 Å². The topological polar surface area (TPSA) is 32.3 Å². The molecule has 0 aliphatic carbocycles. The Morgan fingerprint density at radius 3 is 2.65 bits per heavy atom. The number of likely N-dealkylation sites (N-methyl/N-ethyl adjacent to an activating group) is 1. The number of nitrogens with zero attached hydrogens (tertiary/aromatic N) is 1. The van der Waals surface area contributed by atoms with Crippen molar-refractivity contribution < 1.29 is 9.18 Å². The van der Waals surface area contributed by atoms with Crippen LogP contribution in [0.2, 0.25) is 0 Å². The zero-order valence-electron chi connectivity index (χ0n) is 11.5. The lowest BCUT2D eigenvalue weighted by Gasteiger charge is -2.30. The first-order valence-electron chi connectivity index (χ1n) is 6.58. The zero-order valence-corrected chi connectivity index (χ0v) is 12.3. The van der Waals surface area contributed by atoms with Gasteiger partial charge in [-0.3, -0.25) is 4.79 Å². The third kappa shape index (κ3) is 4.32. The van der Waals surface area contributed by atoms with E-state index in [2.05, 4.69) is 5.32 Å². The predicted octanol–water partition coefficient (Wildman–Crippen LogP) is 2.47. The van der Waals surface area contributed by atoms with Crippen LogP contribution in [0.3, 0.4) is 0 Å². The summed E-state index contributed by atoms with van der Waals surface area (Å²) in [6, 6.07) is 6.71. The molecule has 2 rings (SSSR count). The Bertz CT molecular complexity index is 473. The molecule has 110 valence electrons. The molecule has 5 heteroatoms. The molecule has 0 radical (unpaired) electrons. The largest absolute Gasteiger partial charge is 0.339 e. The van der Waals surface area contributed by atoms with Gasteiger partial charge in [0.05, 0.1) is 0 Å². The van der Waals surface area contributed by atoms with Crippen LogP contribution < -0.4 is 5.32 Å². The lowest BCUT2D eigenvalue weighted by molar-refractivity contribution is -0.127. The van der Waals surface area contributed by atoms with Crippen molar-refractivity contribution in [1.82, 2.24) is 10.2 Å². The SMILES string of the molecule is CN(C(=O)C=Cc1ccccc1F)C1CCNCC1.Cl. The molecule has 1 saturated heterocycles. The number of rotatable bonds is 3. The molecule has 0 spiro atoms. The molecule has 1 N–H and O–H groups in total. The molecule has 1 aromatic carbocycles. The summed E-state index contributed by atoms with van der Waals surface area (Å²) < 4.78 is 13.4. The highest BCUT2D eigenvalue weighted by atomic mass is 35.5. The van der Waals surface area contributed by atoms with E-state index in [1.54, 1.807) is 23.1 Å². The van der Waals surface area contributed by atoms with Crippen LogP contribution in [-0.2, 0) is 4.79 Å². The van der Waals surface area contributed by atoms with E-state index in [1.165, 1.54) is 18.2 Å². The van der Waals surface area contributed by atoms with Crippen molar-refractivity contribution in [3.63, 3.8) is 0 Å². The van der Waals surface area contributed by atoms with E-state index < -0.39 is 0 Å². The summed E-state index contributed by atoms with van der Waals surface area (Å²) in [7, 11) is 1.81. The Morgan fingerprint density at radius 2 is 2.00 bits per heavy atom. The average Bonchev–Trinajstić information content (AvgIpc) is 2.46. The van der Waals surface area contributed by atoms with Gasteiger partial charge in [0.25, 0.3) is 0 Å². The number of hydrogen-bond acceptors (Lipinski definition) is 2. The molecule has 0 saturated carbocycles. The standard InChI is InChI=1S/C15H19FN2O.ClH/c1-18(13-8-10-17-11-9-13)15(19)7-6-12-4-2-3-5-14(12)16;/h2-7,13,17H,8-11H2,1H3;1H. The van der Waals surface area contributed by atoms with E-state index in [0.717, 1.165) is 25.9 Å². The lowest BCUT2D eigenvalue weighted by atomic mass is 10.1. The minimum atomic E-state index is -0.309. The summed E-state index contributed by atoms with van der Waals surface area (Å²) in [6.07, 6.45) is 4.92. The first-order chi connectivity index (χ1) is 9.18. The van der Waals surface area contributed by atoms with E-state index >= 15 is 0 Å². The molecule has 0 atom stereocenters. The molecule has 1 heterocycles. The van der Waals surface area contributed by atoms with Gasteiger partial charge in [-0.2, -0.15) is 0 Å². The van der Waals surface area contributed by atoms with Crippen LogP contribution in [-0.4, -0.2) is 37.0 Å². The van der Waals surface area contributed by atoms with Crippen molar-refractivity contribution in [1.29, 1.82) is 0 Å². The van der Waals surface area contributed by atoms with Gasteiger partial charge in [0.1, 0.15) is 5.82 Å². The van der Waals surface area contributed by atoms with Gasteiger partial charge in [-0.25, -0.2) is 4.39 Å². The van der Waals surface area contributed by atoms with Crippen LogP contribution in [0.4, 0.5) is 4.39 Å². The summed E-state index contributed by atoms with van der Waals surface area (Å²) in [6.45, 7) is 1.89. The molecule has 0 bridgehead atoms. The second-order valence-corrected chi connectivity index (χ2v) is 4.79. The minimum Gasteiger partial charge on any atom is -0.339 e. The van der Waals surface area contributed by atoms with Gasteiger partial charge in [-0.1, -0.05) is 18.2 Å². The maximum absolute atomic E-state index is 13.4. The summed E-state index contributed by atoms with van der Waals surface area (Å²) in [4.78, 5) is 13.8. The van der Waals surface area contributed by atoms with Crippen molar-refractivity contribution in [2.45, 2.75) is 18.9 Å². The molecule has 1 aliphatic rings. The highest BCUT2D eigenvalue weighted by molar-refractivity contribution is 5.91. The van der Waals surface area contributed by atoms with E-state index in [-0.39, 0.29) is 30.2 Å². The number of benzene rings is 1. The Labute approximate surface area is 125 Å². The molecule has 0 aromatic heterocycles. The van der Waals surface area contributed by atoms with Gasteiger partial charge < -0.3 is 10.2 Å². The van der Waals surface area contributed by atoms with Crippen molar-refractivity contribution in [2.75, 3.05) is 20.1 Å². The van der Waals surface area contributed by atoms with Gasteiger partial charge in [0, 0.05) is 24.7 Å². The number of carbonyl (C=O) groups excluding carboxylic acids is 1. The first-order valence-corrected chi connectivity index (χ1v) is 6.58. The summed E-state index contributed by atoms with van der Waals surface area (Å²) in [5.74, 6) is -0.383.